The molecule has 1 N–H and O–H groups in total. The SMILES string of the molecule is CN(c1ccc(Cl)cn1)C1CCc2c(c3cc(F)ccc3n2CC(=O)O)C1. The van der Waals surface area contributed by atoms with Crippen molar-refractivity contribution in [1.29, 1.82) is 0 Å². The highest BCUT2D eigenvalue weighted by Crippen LogP contribution is 2.35. The second-order valence-corrected chi connectivity index (χ2v) is 7.35. The first-order valence-corrected chi connectivity index (χ1v) is 9.17. The van der Waals surface area contributed by atoms with Gasteiger partial charge in [-0.2, -0.15) is 0 Å². The van der Waals surface area contributed by atoms with Gasteiger partial charge in [-0.25, -0.2) is 9.37 Å². The normalized spacial score (nSPS) is 16.3. The van der Waals surface area contributed by atoms with E-state index in [0.717, 1.165) is 40.8 Å². The first kappa shape index (κ1) is 17.8. The van der Waals surface area contributed by atoms with Crippen LogP contribution in [-0.4, -0.2) is 33.7 Å². The molecular formula is C20H19ClFN3O2. The molecule has 0 saturated carbocycles. The van der Waals surface area contributed by atoms with E-state index in [-0.39, 0.29) is 18.4 Å². The average Bonchev–Trinajstić information content (AvgIpc) is 2.94. The second kappa shape index (κ2) is 6.85. The van der Waals surface area contributed by atoms with Gasteiger partial charge in [-0.3, -0.25) is 4.79 Å². The van der Waals surface area contributed by atoms with Crippen LogP contribution in [0, 0.1) is 5.82 Å². The van der Waals surface area contributed by atoms with Crippen LogP contribution in [0.1, 0.15) is 17.7 Å². The summed E-state index contributed by atoms with van der Waals surface area (Å²) in [6.45, 7) is -0.114. The number of aliphatic carboxylic acids is 1. The third kappa shape index (κ3) is 3.25. The van der Waals surface area contributed by atoms with Crippen LogP contribution in [0.4, 0.5) is 10.2 Å². The van der Waals surface area contributed by atoms with Gasteiger partial charge in [0, 0.05) is 35.9 Å². The Labute approximate surface area is 161 Å². The van der Waals surface area contributed by atoms with E-state index < -0.39 is 5.97 Å². The smallest absolute Gasteiger partial charge is 0.323 e. The molecule has 27 heavy (non-hydrogen) atoms. The zero-order valence-corrected chi connectivity index (χ0v) is 15.6. The molecule has 0 spiro atoms. The van der Waals surface area contributed by atoms with Crippen LogP contribution < -0.4 is 4.90 Å². The molecule has 0 aliphatic heterocycles. The Morgan fingerprint density at radius 3 is 2.93 bits per heavy atom. The van der Waals surface area contributed by atoms with Crippen molar-refractivity contribution >= 4 is 34.3 Å². The highest BCUT2D eigenvalue weighted by Gasteiger charge is 2.28. The van der Waals surface area contributed by atoms with E-state index in [1.165, 1.54) is 12.1 Å². The predicted octanol–water partition coefficient (Wildman–Crippen LogP) is 3.91. The van der Waals surface area contributed by atoms with E-state index in [0.29, 0.717) is 11.4 Å². The van der Waals surface area contributed by atoms with Crippen LogP contribution in [0.2, 0.25) is 5.02 Å². The molecule has 3 aromatic rings. The van der Waals surface area contributed by atoms with Crippen molar-refractivity contribution < 1.29 is 14.3 Å². The number of carboxylic acid groups (broad SMARTS) is 1. The van der Waals surface area contributed by atoms with E-state index in [9.17, 15) is 14.3 Å². The summed E-state index contributed by atoms with van der Waals surface area (Å²) in [6, 6.07) is 8.45. The molecule has 1 aromatic carbocycles. The Hall–Kier alpha value is -2.60. The number of carbonyl (C=O) groups is 1. The number of likely N-dealkylation sites (N-methyl/N-ethyl adjacent to an activating group) is 1. The Kier molecular flexibility index (Phi) is 4.52. The van der Waals surface area contributed by atoms with Crippen molar-refractivity contribution in [1.82, 2.24) is 9.55 Å². The van der Waals surface area contributed by atoms with Crippen molar-refractivity contribution in [3.8, 4) is 0 Å². The van der Waals surface area contributed by atoms with Gasteiger partial charge in [-0.05, 0) is 55.2 Å². The van der Waals surface area contributed by atoms with Gasteiger partial charge in [0.1, 0.15) is 18.2 Å². The van der Waals surface area contributed by atoms with Gasteiger partial charge in [-0.15, -0.1) is 0 Å². The quantitative estimate of drug-likeness (QED) is 0.737. The first-order valence-electron chi connectivity index (χ1n) is 8.79. The minimum absolute atomic E-state index is 0.114. The van der Waals surface area contributed by atoms with Crippen molar-refractivity contribution in [3.63, 3.8) is 0 Å². The molecule has 140 valence electrons. The van der Waals surface area contributed by atoms with Crippen molar-refractivity contribution in [3.05, 3.63) is 58.6 Å². The van der Waals surface area contributed by atoms with E-state index in [4.69, 9.17) is 11.6 Å². The fourth-order valence-corrected chi connectivity index (χ4v) is 4.13. The number of anilines is 1. The zero-order chi connectivity index (χ0) is 19.1. The molecule has 1 aliphatic rings. The summed E-state index contributed by atoms with van der Waals surface area (Å²) in [5, 5.41) is 10.7. The summed E-state index contributed by atoms with van der Waals surface area (Å²) in [5.74, 6) is -0.385. The van der Waals surface area contributed by atoms with Gasteiger partial charge >= 0.3 is 5.97 Å². The molecule has 1 aliphatic carbocycles. The van der Waals surface area contributed by atoms with Gasteiger partial charge in [0.25, 0.3) is 0 Å². The molecule has 2 aromatic heterocycles. The fourth-order valence-electron chi connectivity index (χ4n) is 4.01. The van der Waals surface area contributed by atoms with Crippen LogP contribution >= 0.6 is 11.6 Å². The third-order valence-corrected chi connectivity index (χ3v) is 5.54. The zero-order valence-electron chi connectivity index (χ0n) is 14.8. The minimum atomic E-state index is -0.899. The molecule has 0 bridgehead atoms. The van der Waals surface area contributed by atoms with Crippen molar-refractivity contribution in [2.75, 3.05) is 11.9 Å². The van der Waals surface area contributed by atoms with Gasteiger partial charge < -0.3 is 14.6 Å². The van der Waals surface area contributed by atoms with E-state index in [2.05, 4.69) is 9.88 Å². The monoisotopic (exact) mass is 387 g/mol. The highest BCUT2D eigenvalue weighted by molar-refractivity contribution is 6.30. The number of carboxylic acids is 1. The summed E-state index contributed by atoms with van der Waals surface area (Å²) in [7, 11) is 1.99. The molecule has 1 atom stereocenters. The summed E-state index contributed by atoms with van der Waals surface area (Å²) in [6.07, 6.45) is 3.94. The predicted molar refractivity (Wildman–Crippen MR) is 103 cm³/mol. The van der Waals surface area contributed by atoms with Crippen LogP contribution in [-0.2, 0) is 24.2 Å². The number of fused-ring (bicyclic) bond motifs is 3. The summed E-state index contributed by atoms with van der Waals surface area (Å²) >= 11 is 5.93. The van der Waals surface area contributed by atoms with Crippen LogP contribution in [0.3, 0.4) is 0 Å². The number of pyridine rings is 1. The fraction of sp³-hybridized carbons (Fsp3) is 0.300. The maximum absolute atomic E-state index is 13.9. The van der Waals surface area contributed by atoms with Crippen LogP contribution in [0.25, 0.3) is 10.9 Å². The molecule has 0 saturated heterocycles. The lowest BCUT2D eigenvalue weighted by molar-refractivity contribution is -0.137. The number of nitrogens with zero attached hydrogens (tertiary/aromatic N) is 3. The Bertz CT molecular complexity index is 1020. The molecule has 1 unspecified atom stereocenters. The molecule has 0 amide bonds. The second-order valence-electron chi connectivity index (χ2n) is 6.91. The number of rotatable bonds is 4. The lowest BCUT2D eigenvalue weighted by atomic mass is 9.90. The Balaban J connectivity index is 1.73. The number of halogens is 2. The number of hydrogen-bond donors (Lipinski definition) is 1. The topological polar surface area (TPSA) is 58.4 Å². The lowest BCUT2D eigenvalue weighted by Crippen LogP contribution is -2.37. The standard InChI is InChI=1S/C20H19ClFN3O2/c1-24(19-7-2-12(21)10-23-19)14-4-6-18-16(9-14)15-8-13(22)3-5-17(15)25(18)11-20(26)27/h2-3,5,7-8,10,14H,4,6,9,11H2,1H3,(H,26,27). The average molecular weight is 388 g/mol. The first-order chi connectivity index (χ1) is 12.9. The van der Waals surface area contributed by atoms with E-state index in [1.54, 1.807) is 12.3 Å². The molecular weight excluding hydrogens is 369 g/mol. The molecule has 5 nitrogen and oxygen atoms in total. The van der Waals surface area contributed by atoms with Gasteiger partial charge in [0.05, 0.1) is 5.02 Å². The van der Waals surface area contributed by atoms with Crippen molar-refractivity contribution in [2.24, 2.45) is 0 Å². The maximum atomic E-state index is 13.9. The van der Waals surface area contributed by atoms with Gasteiger partial charge in [-0.1, -0.05) is 11.6 Å². The third-order valence-electron chi connectivity index (χ3n) is 5.32. The summed E-state index contributed by atoms with van der Waals surface area (Å²) in [4.78, 5) is 17.8. The lowest BCUT2D eigenvalue weighted by Gasteiger charge is -2.32. The number of hydrogen-bond acceptors (Lipinski definition) is 3. The van der Waals surface area contributed by atoms with Crippen LogP contribution in [0.15, 0.2) is 36.5 Å². The number of benzene rings is 1. The molecule has 2 heterocycles. The molecule has 0 radical (unpaired) electrons. The van der Waals surface area contributed by atoms with E-state index >= 15 is 0 Å². The Morgan fingerprint density at radius 1 is 1.41 bits per heavy atom. The Morgan fingerprint density at radius 2 is 2.22 bits per heavy atom. The van der Waals surface area contributed by atoms with Crippen LogP contribution in [0.5, 0.6) is 0 Å². The van der Waals surface area contributed by atoms with E-state index in [1.807, 2.05) is 23.7 Å². The number of aromatic nitrogens is 2. The molecule has 0 fully saturated rings. The van der Waals surface area contributed by atoms with Gasteiger partial charge in [0.2, 0.25) is 0 Å². The molecule has 7 heteroatoms. The molecule has 4 rings (SSSR count). The summed E-state index contributed by atoms with van der Waals surface area (Å²) in [5.41, 5.74) is 2.80. The minimum Gasteiger partial charge on any atom is -0.480 e. The largest absolute Gasteiger partial charge is 0.480 e. The van der Waals surface area contributed by atoms with Gasteiger partial charge in [0.15, 0.2) is 0 Å². The maximum Gasteiger partial charge on any atom is 0.323 e. The van der Waals surface area contributed by atoms with Crippen molar-refractivity contribution in [2.45, 2.75) is 31.8 Å². The summed E-state index contributed by atoms with van der Waals surface area (Å²) < 4.78 is 15.7. The highest BCUT2D eigenvalue weighted by atomic mass is 35.5.